The van der Waals surface area contributed by atoms with E-state index in [2.05, 4.69) is 4.98 Å². The number of aliphatic hydroxyl groups is 1. The van der Waals surface area contributed by atoms with E-state index in [1.807, 2.05) is 30.3 Å². The van der Waals surface area contributed by atoms with Crippen molar-refractivity contribution >= 4 is 23.2 Å². The average molecular weight is 254 g/mol. The van der Waals surface area contributed by atoms with Crippen molar-refractivity contribution in [1.82, 2.24) is 4.98 Å². The van der Waals surface area contributed by atoms with E-state index in [9.17, 15) is 5.11 Å². The monoisotopic (exact) mass is 253 g/mol. The van der Waals surface area contributed by atoms with Crippen LogP contribution in [-0.4, -0.2) is 10.1 Å². The van der Waals surface area contributed by atoms with Crippen LogP contribution >= 0.6 is 23.2 Å². The number of pyridine rings is 1. The Hall–Kier alpha value is -1.09. The summed E-state index contributed by atoms with van der Waals surface area (Å²) < 4.78 is 0. The number of benzene rings is 1. The molecule has 1 heterocycles. The molecule has 4 heteroatoms. The Bertz CT molecular complexity index is 488. The highest BCUT2D eigenvalue weighted by molar-refractivity contribution is 6.32. The van der Waals surface area contributed by atoms with Crippen molar-refractivity contribution in [2.24, 2.45) is 0 Å². The summed E-state index contributed by atoms with van der Waals surface area (Å²) in [6.07, 6.45) is 0.653. The summed E-state index contributed by atoms with van der Waals surface area (Å²) in [5.74, 6) is 0. The second-order valence-corrected chi connectivity index (χ2v) is 4.14. The molecule has 0 amide bonds. The minimum Gasteiger partial charge on any atom is -0.384 e. The lowest BCUT2D eigenvalue weighted by molar-refractivity contribution is 0.220. The third-order valence-corrected chi connectivity index (χ3v) is 2.78. The van der Waals surface area contributed by atoms with Crippen LogP contribution in [-0.2, 0) is 0 Å². The van der Waals surface area contributed by atoms with Crippen LogP contribution in [0.25, 0.3) is 0 Å². The third kappa shape index (κ3) is 2.35. The number of hydrogen-bond acceptors (Lipinski definition) is 2. The first-order chi connectivity index (χ1) is 7.68. The van der Waals surface area contributed by atoms with Gasteiger partial charge in [-0.05, 0) is 11.6 Å². The third-order valence-electron chi connectivity index (χ3n) is 2.26. The first kappa shape index (κ1) is 11.4. The van der Waals surface area contributed by atoms with E-state index in [1.54, 1.807) is 6.07 Å². The summed E-state index contributed by atoms with van der Waals surface area (Å²) >= 11 is 11.7. The molecule has 0 fully saturated rings. The second kappa shape index (κ2) is 4.83. The van der Waals surface area contributed by atoms with E-state index in [4.69, 9.17) is 23.2 Å². The molecule has 82 valence electrons. The summed E-state index contributed by atoms with van der Waals surface area (Å²) in [5.41, 5.74) is 1.33. The number of aliphatic hydroxyl groups excluding tert-OH is 1. The van der Waals surface area contributed by atoms with Gasteiger partial charge in [0.25, 0.3) is 0 Å². The molecule has 2 aromatic rings. The van der Waals surface area contributed by atoms with Crippen LogP contribution in [0.4, 0.5) is 0 Å². The lowest BCUT2D eigenvalue weighted by Gasteiger charge is -2.12. The predicted molar refractivity (Wildman–Crippen MR) is 64.8 cm³/mol. The molecule has 0 aliphatic rings. The summed E-state index contributed by atoms with van der Waals surface area (Å²) in [6, 6.07) is 10.8. The molecule has 16 heavy (non-hydrogen) atoms. The van der Waals surface area contributed by atoms with Crippen molar-refractivity contribution in [3.05, 3.63) is 63.9 Å². The standard InChI is InChI=1S/C12H9Cl2NO/c13-10-7-15-11(14)6-9(10)12(16)8-4-2-1-3-5-8/h1-7,12,16H. The Morgan fingerprint density at radius 2 is 1.81 bits per heavy atom. The van der Waals surface area contributed by atoms with Crippen molar-refractivity contribution in [2.45, 2.75) is 6.10 Å². The van der Waals surface area contributed by atoms with Crippen molar-refractivity contribution in [1.29, 1.82) is 0 Å². The Labute approximate surface area is 103 Å². The number of rotatable bonds is 2. The maximum absolute atomic E-state index is 10.1. The maximum Gasteiger partial charge on any atom is 0.129 e. The van der Waals surface area contributed by atoms with Gasteiger partial charge in [-0.3, -0.25) is 0 Å². The Morgan fingerprint density at radius 3 is 2.50 bits per heavy atom. The molecule has 1 atom stereocenters. The summed E-state index contributed by atoms with van der Waals surface area (Å²) in [4.78, 5) is 3.84. The zero-order valence-electron chi connectivity index (χ0n) is 8.27. The fraction of sp³-hybridized carbons (Fsp3) is 0.0833. The average Bonchev–Trinajstić information content (AvgIpc) is 2.32. The van der Waals surface area contributed by atoms with E-state index in [0.717, 1.165) is 5.56 Å². The van der Waals surface area contributed by atoms with Crippen LogP contribution < -0.4 is 0 Å². The van der Waals surface area contributed by atoms with Crippen LogP contribution in [0, 0.1) is 0 Å². The van der Waals surface area contributed by atoms with Gasteiger partial charge in [-0.1, -0.05) is 53.5 Å². The number of halogens is 2. The molecular formula is C12H9Cl2NO. The van der Waals surface area contributed by atoms with E-state index in [1.165, 1.54) is 6.20 Å². The highest BCUT2D eigenvalue weighted by Gasteiger charge is 2.14. The van der Waals surface area contributed by atoms with E-state index >= 15 is 0 Å². The van der Waals surface area contributed by atoms with Gasteiger partial charge in [-0.15, -0.1) is 0 Å². The Morgan fingerprint density at radius 1 is 1.12 bits per heavy atom. The van der Waals surface area contributed by atoms with Crippen LogP contribution in [0.3, 0.4) is 0 Å². The molecular weight excluding hydrogens is 245 g/mol. The van der Waals surface area contributed by atoms with Gasteiger partial charge < -0.3 is 5.11 Å². The molecule has 0 aliphatic heterocycles. The van der Waals surface area contributed by atoms with Crippen molar-refractivity contribution < 1.29 is 5.11 Å². The fourth-order valence-electron chi connectivity index (χ4n) is 1.45. The number of nitrogens with zero attached hydrogens (tertiary/aromatic N) is 1. The molecule has 1 aromatic heterocycles. The molecule has 1 N–H and O–H groups in total. The van der Waals surface area contributed by atoms with Crippen LogP contribution in [0.5, 0.6) is 0 Å². The first-order valence-electron chi connectivity index (χ1n) is 4.72. The molecule has 0 aliphatic carbocycles. The normalized spacial score (nSPS) is 12.4. The van der Waals surface area contributed by atoms with E-state index in [-0.39, 0.29) is 0 Å². The minimum absolute atomic E-state index is 0.314. The zero-order valence-corrected chi connectivity index (χ0v) is 9.78. The molecule has 1 aromatic carbocycles. The first-order valence-corrected chi connectivity index (χ1v) is 5.48. The summed E-state index contributed by atoms with van der Waals surface area (Å²) in [5, 5.41) is 10.8. The van der Waals surface area contributed by atoms with Gasteiger partial charge in [0, 0.05) is 11.8 Å². The van der Waals surface area contributed by atoms with Gasteiger partial charge in [-0.2, -0.15) is 0 Å². The van der Waals surface area contributed by atoms with Gasteiger partial charge in [-0.25, -0.2) is 4.98 Å². The van der Waals surface area contributed by atoms with Gasteiger partial charge in [0.05, 0.1) is 5.02 Å². The van der Waals surface area contributed by atoms with Crippen molar-refractivity contribution in [3.63, 3.8) is 0 Å². The van der Waals surface area contributed by atoms with Gasteiger partial charge in [0.2, 0.25) is 0 Å². The summed E-state index contributed by atoms with van der Waals surface area (Å²) in [7, 11) is 0. The maximum atomic E-state index is 10.1. The lowest BCUT2D eigenvalue weighted by atomic mass is 10.0. The molecule has 0 radical (unpaired) electrons. The minimum atomic E-state index is -0.783. The second-order valence-electron chi connectivity index (χ2n) is 3.34. The Balaban J connectivity index is 2.41. The topological polar surface area (TPSA) is 33.1 Å². The zero-order chi connectivity index (χ0) is 11.5. The number of aromatic nitrogens is 1. The smallest absolute Gasteiger partial charge is 0.129 e. The highest BCUT2D eigenvalue weighted by Crippen LogP contribution is 2.29. The largest absolute Gasteiger partial charge is 0.384 e. The molecule has 2 nitrogen and oxygen atoms in total. The highest BCUT2D eigenvalue weighted by atomic mass is 35.5. The van der Waals surface area contributed by atoms with Crippen LogP contribution in [0.1, 0.15) is 17.2 Å². The predicted octanol–water partition coefficient (Wildman–Crippen LogP) is 3.47. The fourth-order valence-corrected chi connectivity index (χ4v) is 1.82. The quantitative estimate of drug-likeness (QED) is 0.832. The van der Waals surface area contributed by atoms with Crippen LogP contribution in [0.15, 0.2) is 42.6 Å². The molecule has 0 saturated carbocycles. The van der Waals surface area contributed by atoms with Crippen LogP contribution in [0.2, 0.25) is 10.2 Å². The van der Waals surface area contributed by atoms with Gasteiger partial charge >= 0.3 is 0 Å². The van der Waals surface area contributed by atoms with Crippen molar-refractivity contribution in [3.8, 4) is 0 Å². The molecule has 0 spiro atoms. The molecule has 1 unspecified atom stereocenters. The van der Waals surface area contributed by atoms with Gasteiger partial charge in [0.15, 0.2) is 0 Å². The number of hydrogen-bond donors (Lipinski definition) is 1. The molecule has 2 rings (SSSR count). The van der Waals surface area contributed by atoms with E-state index < -0.39 is 6.10 Å². The van der Waals surface area contributed by atoms with Gasteiger partial charge in [0.1, 0.15) is 11.3 Å². The SMILES string of the molecule is OC(c1ccccc1)c1cc(Cl)ncc1Cl. The lowest BCUT2D eigenvalue weighted by Crippen LogP contribution is -2.00. The summed E-state index contributed by atoms with van der Waals surface area (Å²) in [6.45, 7) is 0. The Kier molecular flexibility index (Phi) is 3.44. The molecule has 0 bridgehead atoms. The van der Waals surface area contributed by atoms with E-state index in [0.29, 0.717) is 15.7 Å². The molecule has 0 saturated heterocycles. The van der Waals surface area contributed by atoms with Crippen molar-refractivity contribution in [2.75, 3.05) is 0 Å².